The molecular formula is C19H21N3O5S. The van der Waals surface area contributed by atoms with Gasteiger partial charge in [0.1, 0.15) is 0 Å². The van der Waals surface area contributed by atoms with Crippen molar-refractivity contribution in [2.75, 3.05) is 24.8 Å². The number of sulfonamides is 1. The summed E-state index contributed by atoms with van der Waals surface area (Å²) < 4.78 is 25.0. The number of nitrogens with one attached hydrogen (secondary N) is 2. The molecule has 0 aliphatic carbocycles. The van der Waals surface area contributed by atoms with Crippen molar-refractivity contribution in [3.63, 3.8) is 0 Å². The summed E-state index contributed by atoms with van der Waals surface area (Å²) in [6, 6.07) is 12.7. The Hall–Kier alpha value is -3.01. The molecule has 0 saturated carbocycles. The first-order valence-electron chi connectivity index (χ1n) is 8.22. The molecular weight excluding hydrogens is 382 g/mol. The minimum absolute atomic E-state index is 0.0460. The van der Waals surface area contributed by atoms with Crippen molar-refractivity contribution in [1.29, 1.82) is 0 Å². The van der Waals surface area contributed by atoms with Crippen LogP contribution >= 0.6 is 0 Å². The second kappa shape index (κ2) is 9.27. The van der Waals surface area contributed by atoms with Crippen molar-refractivity contribution in [3.8, 4) is 0 Å². The first kappa shape index (κ1) is 21.3. The molecule has 0 aliphatic rings. The van der Waals surface area contributed by atoms with E-state index in [1.165, 1.54) is 51.4 Å². The normalized spacial score (nSPS) is 11.6. The summed E-state index contributed by atoms with van der Waals surface area (Å²) in [6.45, 7) is 1.43. The van der Waals surface area contributed by atoms with Gasteiger partial charge in [-0.25, -0.2) is 8.42 Å². The first-order valence-corrected chi connectivity index (χ1v) is 9.66. The SMILES string of the molecule is CON(C)S(=O)(=O)c1ccc(NC(=O)/C=C/c2ccc(NC(C)=O)cc2)cc1. The third-order valence-corrected chi connectivity index (χ3v) is 5.37. The van der Waals surface area contributed by atoms with E-state index in [1.54, 1.807) is 30.3 Å². The van der Waals surface area contributed by atoms with Gasteiger partial charge >= 0.3 is 0 Å². The minimum Gasteiger partial charge on any atom is -0.326 e. The topological polar surface area (TPSA) is 105 Å². The third kappa shape index (κ3) is 5.74. The first-order chi connectivity index (χ1) is 13.2. The van der Waals surface area contributed by atoms with Crippen molar-refractivity contribution < 1.29 is 22.8 Å². The summed E-state index contributed by atoms with van der Waals surface area (Å²) in [5.74, 6) is -0.522. The highest BCUT2D eigenvalue weighted by atomic mass is 32.2. The van der Waals surface area contributed by atoms with Crippen LogP contribution in [0.1, 0.15) is 12.5 Å². The van der Waals surface area contributed by atoms with Crippen LogP contribution in [-0.2, 0) is 24.4 Å². The number of carbonyl (C=O) groups excluding carboxylic acids is 2. The number of nitrogens with zero attached hydrogens (tertiary/aromatic N) is 1. The Morgan fingerprint density at radius 2 is 1.50 bits per heavy atom. The summed E-state index contributed by atoms with van der Waals surface area (Å²) >= 11 is 0. The van der Waals surface area contributed by atoms with E-state index in [1.807, 2.05) is 0 Å². The lowest BCUT2D eigenvalue weighted by atomic mass is 10.2. The lowest BCUT2D eigenvalue weighted by molar-refractivity contribution is -0.114. The Morgan fingerprint density at radius 1 is 0.964 bits per heavy atom. The van der Waals surface area contributed by atoms with Crippen LogP contribution in [0.25, 0.3) is 6.08 Å². The van der Waals surface area contributed by atoms with E-state index in [2.05, 4.69) is 10.6 Å². The molecule has 0 heterocycles. The molecule has 2 N–H and O–H groups in total. The van der Waals surface area contributed by atoms with Gasteiger partial charge < -0.3 is 10.6 Å². The maximum Gasteiger partial charge on any atom is 0.264 e. The van der Waals surface area contributed by atoms with Crippen molar-refractivity contribution >= 4 is 39.3 Å². The number of rotatable bonds is 7. The number of hydroxylamine groups is 1. The molecule has 2 amide bonds. The highest BCUT2D eigenvalue weighted by Gasteiger charge is 2.20. The monoisotopic (exact) mass is 403 g/mol. The van der Waals surface area contributed by atoms with E-state index in [-0.39, 0.29) is 16.7 Å². The number of anilines is 2. The molecule has 8 nitrogen and oxygen atoms in total. The van der Waals surface area contributed by atoms with Gasteiger partial charge in [-0.2, -0.15) is 0 Å². The van der Waals surface area contributed by atoms with Gasteiger partial charge in [0, 0.05) is 31.4 Å². The zero-order valence-corrected chi connectivity index (χ0v) is 16.5. The molecule has 148 valence electrons. The largest absolute Gasteiger partial charge is 0.326 e. The summed E-state index contributed by atoms with van der Waals surface area (Å²) in [4.78, 5) is 27.8. The molecule has 0 aromatic heterocycles. The fourth-order valence-electron chi connectivity index (χ4n) is 2.19. The van der Waals surface area contributed by atoms with E-state index in [0.29, 0.717) is 11.4 Å². The van der Waals surface area contributed by atoms with Gasteiger partial charge in [0.25, 0.3) is 10.0 Å². The highest BCUT2D eigenvalue weighted by Crippen LogP contribution is 2.17. The van der Waals surface area contributed by atoms with E-state index in [9.17, 15) is 18.0 Å². The van der Waals surface area contributed by atoms with Crippen molar-refractivity contribution in [2.45, 2.75) is 11.8 Å². The molecule has 2 aromatic carbocycles. The summed E-state index contributed by atoms with van der Waals surface area (Å²) in [5.41, 5.74) is 1.91. The molecule has 0 fully saturated rings. The Bertz CT molecular complexity index is 968. The van der Waals surface area contributed by atoms with E-state index in [4.69, 9.17) is 4.84 Å². The van der Waals surface area contributed by atoms with Crippen LogP contribution in [0.5, 0.6) is 0 Å². The van der Waals surface area contributed by atoms with Crippen LogP contribution < -0.4 is 10.6 Å². The van der Waals surface area contributed by atoms with Crippen LogP contribution in [0, 0.1) is 0 Å². The van der Waals surface area contributed by atoms with Crippen LogP contribution in [-0.4, -0.2) is 38.9 Å². The van der Waals surface area contributed by atoms with Crippen molar-refractivity contribution in [2.24, 2.45) is 0 Å². The van der Waals surface area contributed by atoms with Gasteiger partial charge in [-0.3, -0.25) is 14.4 Å². The summed E-state index contributed by atoms with van der Waals surface area (Å²) in [5, 5.41) is 5.31. The van der Waals surface area contributed by atoms with Gasteiger partial charge in [-0.05, 0) is 48.0 Å². The molecule has 0 spiro atoms. The van der Waals surface area contributed by atoms with Gasteiger partial charge in [-0.1, -0.05) is 16.6 Å². The zero-order valence-electron chi connectivity index (χ0n) is 15.7. The fraction of sp³-hybridized carbons (Fsp3) is 0.158. The molecule has 0 radical (unpaired) electrons. The van der Waals surface area contributed by atoms with Gasteiger partial charge in [0.2, 0.25) is 11.8 Å². The van der Waals surface area contributed by atoms with Gasteiger partial charge in [0.15, 0.2) is 0 Å². The predicted octanol–water partition coefficient (Wildman–Crippen LogP) is 2.48. The second-order valence-electron chi connectivity index (χ2n) is 5.75. The number of hydrogen-bond donors (Lipinski definition) is 2. The zero-order chi connectivity index (χ0) is 20.7. The molecule has 0 unspecified atom stereocenters. The van der Waals surface area contributed by atoms with Crippen molar-refractivity contribution in [3.05, 3.63) is 60.2 Å². The van der Waals surface area contributed by atoms with Crippen LogP contribution in [0.2, 0.25) is 0 Å². The van der Waals surface area contributed by atoms with Crippen molar-refractivity contribution in [1.82, 2.24) is 4.47 Å². The van der Waals surface area contributed by atoms with Crippen LogP contribution in [0.15, 0.2) is 59.5 Å². The van der Waals surface area contributed by atoms with E-state index in [0.717, 1.165) is 10.0 Å². The molecule has 2 aromatic rings. The molecule has 0 bridgehead atoms. The van der Waals surface area contributed by atoms with Gasteiger partial charge in [0.05, 0.1) is 12.0 Å². The summed E-state index contributed by atoms with van der Waals surface area (Å²) in [7, 11) is -1.19. The average Bonchev–Trinajstić information content (AvgIpc) is 2.66. The number of amides is 2. The number of benzene rings is 2. The molecule has 0 saturated heterocycles. The maximum absolute atomic E-state index is 12.1. The maximum atomic E-state index is 12.1. The third-order valence-electron chi connectivity index (χ3n) is 3.67. The molecule has 28 heavy (non-hydrogen) atoms. The molecule has 0 aliphatic heterocycles. The van der Waals surface area contributed by atoms with Crippen LogP contribution in [0.4, 0.5) is 11.4 Å². The highest BCUT2D eigenvalue weighted by molar-refractivity contribution is 7.89. The summed E-state index contributed by atoms with van der Waals surface area (Å²) in [6.07, 6.45) is 2.98. The Morgan fingerprint density at radius 3 is 2.04 bits per heavy atom. The lowest BCUT2D eigenvalue weighted by Crippen LogP contribution is -2.25. The fourth-order valence-corrected chi connectivity index (χ4v) is 3.17. The quantitative estimate of drug-likeness (QED) is 0.546. The standard InChI is InChI=1S/C19H21N3O5S/c1-14(23)20-16-7-4-15(5-8-16)6-13-19(24)21-17-9-11-18(12-10-17)28(25,26)22(2)27-3/h4-13H,1-3H3,(H,20,23)(H,21,24)/b13-6+. The van der Waals surface area contributed by atoms with E-state index < -0.39 is 10.0 Å². The van der Waals surface area contributed by atoms with E-state index >= 15 is 0 Å². The number of carbonyl (C=O) groups is 2. The van der Waals surface area contributed by atoms with Crippen LogP contribution in [0.3, 0.4) is 0 Å². The Balaban J connectivity index is 1.99. The average molecular weight is 403 g/mol. The lowest BCUT2D eigenvalue weighted by Gasteiger charge is -2.14. The predicted molar refractivity (Wildman–Crippen MR) is 107 cm³/mol. The Labute approximate surface area is 163 Å². The molecule has 2 rings (SSSR count). The Kier molecular flexibility index (Phi) is 7.05. The van der Waals surface area contributed by atoms with Gasteiger partial charge in [-0.15, -0.1) is 0 Å². The second-order valence-corrected chi connectivity index (χ2v) is 7.68. The smallest absolute Gasteiger partial charge is 0.264 e. The molecule has 0 atom stereocenters. The molecule has 9 heteroatoms. The number of hydrogen-bond acceptors (Lipinski definition) is 5. The minimum atomic E-state index is -3.73.